The van der Waals surface area contributed by atoms with E-state index < -0.39 is 0 Å². The van der Waals surface area contributed by atoms with Crippen LogP contribution >= 0.6 is 0 Å². The summed E-state index contributed by atoms with van der Waals surface area (Å²) in [5.41, 5.74) is 2.59. The summed E-state index contributed by atoms with van der Waals surface area (Å²) in [7, 11) is 1.69. The van der Waals surface area contributed by atoms with Crippen LogP contribution in [0.25, 0.3) is 5.65 Å². The molecule has 1 atom stereocenters. The Hall–Kier alpha value is -1.94. The van der Waals surface area contributed by atoms with E-state index in [1.807, 2.05) is 22.9 Å². The number of hydrogen-bond acceptors (Lipinski definition) is 5. The number of pyridine rings is 1. The van der Waals surface area contributed by atoms with E-state index in [1.165, 1.54) is 0 Å². The summed E-state index contributed by atoms with van der Waals surface area (Å²) in [6.45, 7) is 3.86. The van der Waals surface area contributed by atoms with E-state index in [-0.39, 0.29) is 6.10 Å². The molecule has 0 amide bonds. The molecule has 0 aliphatic carbocycles. The van der Waals surface area contributed by atoms with Gasteiger partial charge in [-0.25, -0.2) is 4.98 Å². The van der Waals surface area contributed by atoms with Crippen LogP contribution in [0.5, 0.6) is 0 Å². The average molecular weight is 286 g/mol. The predicted octanol–water partition coefficient (Wildman–Crippen LogP) is 1.05. The molecule has 0 spiro atoms. The molecule has 1 aliphatic rings. The van der Waals surface area contributed by atoms with Crippen LogP contribution in [0.3, 0.4) is 0 Å². The zero-order valence-corrected chi connectivity index (χ0v) is 12.0. The predicted molar refractivity (Wildman–Crippen MR) is 76.8 cm³/mol. The molecule has 0 radical (unpaired) electrons. The Bertz CT molecular complexity index is 659. The Morgan fingerprint density at radius 1 is 1.52 bits per heavy atom. The van der Waals surface area contributed by atoms with Gasteiger partial charge < -0.3 is 13.9 Å². The van der Waals surface area contributed by atoms with Gasteiger partial charge in [0.1, 0.15) is 11.7 Å². The number of aromatic nitrogens is 2. The summed E-state index contributed by atoms with van der Waals surface area (Å²) in [6.07, 6.45) is 3.83. The van der Waals surface area contributed by atoms with E-state index in [0.29, 0.717) is 18.8 Å². The van der Waals surface area contributed by atoms with Crippen LogP contribution in [0.4, 0.5) is 0 Å². The molecule has 110 valence electrons. The second kappa shape index (κ2) is 6.22. The van der Waals surface area contributed by atoms with Crippen LogP contribution in [0, 0.1) is 11.3 Å². The molecule has 0 saturated carbocycles. The van der Waals surface area contributed by atoms with Crippen molar-refractivity contribution in [2.75, 3.05) is 33.4 Å². The fourth-order valence-corrected chi connectivity index (χ4v) is 2.65. The lowest BCUT2D eigenvalue weighted by Gasteiger charge is -2.32. The monoisotopic (exact) mass is 286 g/mol. The van der Waals surface area contributed by atoms with Gasteiger partial charge in [-0.15, -0.1) is 0 Å². The van der Waals surface area contributed by atoms with Gasteiger partial charge in [-0.1, -0.05) is 0 Å². The first-order valence-corrected chi connectivity index (χ1v) is 6.99. The zero-order chi connectivity index (χ0) is 14.7. The molecule has 0 aromatic carbocycles. The summed E-state index contributed by atoms with van der Waals surface area (Å²) >= 11 is 0. The minimum atomic E-state index is 0.123. The van der Waals surface area contributed by atoms with Gasteiger partial charge in [-0.2, -0.15) is 5.26 Å². The fourth-order valence-electron chi connectivity index (χ4n) is 2.65. The quantitative estimate of drug-likeness (QED) is 0.841. The highest BCUT2D eigenvalue weighted by molar-refractivity contribution is 5.44. The minimum absolute atomic E-state index is 0.123. The Morgan fingerprint density at radius 2 is 2.43 bits per heavy atom. The van der Waals surface area contributed by atoms with Crippen molar-refractivity contribution in [2.24, 2.45) is 0 Å². The van der Waals surface area contributed by atoms with Gasteiger partial charge in [0.25, 0.3) is 0 Å². The van der Waals surface area contributed by atoms with Crippen LogP contribution in [-0.4, -0.2) is 53.8 Å². The van der Waals surface area contributed by atoms with E-state index in [9.17, 15) is 0 Å². The third kappa shape index (κ3) is 3.05. The maximum atomic E-state index is 9.02. The maximum Gasteiger partial charge on any atom is 0.137 e. The molecule has 21 heavy (non-hydrogen) atoms. The minimum Gasteiger partial charge on any atom is -0.382 e. The number of hydrogen-bond donors (Lipinski definition) is 0. The lowest BCUT2D eigenvalue weighted by atomic mass is 10.2. The molecule has 1 aliphatic heterocycles. The number of rotatable bonds is 4. The first-order valence-electron chi connectivity index (χ1n) is 6.99. The van der Waals surface area contributed by atoms with Crippen LogP contribution in [0.15, 0.2) is 24.5 Å². The van der Waals surface area contributed by atoms with Gasteiger partial charge in [0.15, 0.2) is 0 Å². The van der Waals surface area contributed by atoms with E-state index >= 15 is 0 Å². The lowest BCUT2D eigenvalue weighted by Crippen LogP contribution is -2.43. The van der Waals surface area contributed by atoms with Gasteiger partial charge in [-0.3, -0.25) is 4.90 Å². The van der Waals surface area contributed by atoms with Crippen molar-refractivity contribution in [3.8, 4) is 6.07 Å². The molecule has 1 fully saturated rings. The van der Waals surface area contributed by atoms with Crippen LogP contribution < -0.4 is 0 Å². The molecule has 1 unspecified atom stereocenters. The van der Waals surface area contributed by atoms with Crippen molar-refractivity contribution < 1.29 is 9.47 Å². The van der Waals surface area contributed by atoms with Gasteiger partial charge in [0, 0.05) is 32.9 Å². The number of nitrogens with zero attached hydrogens (tertiary/aromatic N) is 4. The van der Waals surface area contributed by atoms with Gasteiger partial charge in [0.2, 0.25) is 0 Å². The van der Waals surface area contributed by atoms with E-state index in [4.69, 9.17) is 14.7 Å². The molecule has 3 rings (SSSR count). The van der Waals surface area contributed by atoms with E-state index in [0.717, 1.165) is 31.0 Å². The van der Waals surface area contributed by atoms with Crippen molar-refractivity contribution in [3.63, 3.8) is 0 Å². The standard InChI is InChI=1S/C15H18N4O2/c1-20-11-14-10-18(4-5-21-14)9-13-7-17-15-3-2-12(6-16)8-19(13)15/h2-3,7-8,14H,4-5,9-11H2,1H3. The van der Waals surface area contributed by atoms with Crippen molar-refractivity contribution in [2.45, 2.75) is 12.6 Å². The Balaban J connectivity index is 1.77. The molecule has 0 bridgehead atoms. The number of morpholine rings is 1. The smallest absolute Gasteiger partial charge is 0.137 e. The molecule has 6 nitrogen and oxygen atoms in total. The molecular weight excluding hydrogens is 268 g/mol. The molecule has 3 heterocycles. The average Bonchev–Trinajstić information content (AvgIpc) is 2.90. The van der Waals surface area contributed by atoms with Crippen molar-refractivity contribution in [1.29, 1.82) is 5.26 Å². The van der Waals surface area contributed by atoms with E-state index in [2.05, 4.69) is 16.0 Å². The SMILES string of the molecule is COCC1CN(Cc2cnc3ccc(C#N)cn23)CCO1. The summed E-state index contributed by atoms with van der Waals surface area (Å²) in [5.74, 6) is 0. The first kappa shape index (κ1) is 14.0. The van der Waals surface area contributed by atoms with Crippen LogP contribution in [0.1, 0.15) is 11.3 Å². The second-order valence-electron chi connectivity index (χ2n) is 5.19. The summed E-state index contributed by atoms with van der Waals surface area (Å²) in [6, 6.07) is 5.82. The molecule has 1 saturated heterocycles. The van der Waals surface area contributed by atoms with Crippen molar-refractivity contribution in [1.82, 2.24) is 14.3 Å². The molecular formula is C15H18N4O2. The number of fused-ring (bicyclic) bond motifs is 1. The Kier molecular flexibility index (Phi) is 4.15. The molecule has 2 aromatic rings. The summed E-state index contributed by atoms with van der Waals surface area (Å²) in [4.78, 5) is 6.71. The van der Waals surface area contributed by atoms with Crippen molar-refractivity contribution in [3.05, 3.63) is 35.8 Å². The van der Waals surface area contributed by atoms with Crippen molar-refractivity contribution >= 4 is 5.65 Å². The zero-order valence-electron chi connectivity index (χ0n) is 12.0. The summed E-state index contributed by atoms with van der Waals surface area (Å²) in [5, 5.41) is 9.02. The first-order chi connectivity index (χ1) is 10.3. The van der Waals surface area contributed by atoms with Crippen LogP contribution in [0.2, 0.25) is 0 Å². The van der Waals surface area contributed by atoms with Gasteiger partial charge in [0.05, 0.1) is 36.8 Å². The number of ether oxygens (including phenoxy) is 2. The largest absolute Gasteiger partial charge is 0.382 e. The highest BCUT2D eigenvalue weighted by Gasteiger charge is 2.21. The van der Waals surface area contributed by atoms with E-state index in [1.54, 1.807) is 13.2 Å². The third-order valence-corrected chi connectivity index (χ3v) is 3.67. The molecule has 6 heteroatoms. The molecule has 0 N–H and O–H groups in total. The number of nitriles is 1. The Morgan fingerprint density at radius 3 is 3.24 bits per heavy atom. The van der Waals surface area contributed by atoms with Gasteiger partial charge in [-0.05, 0) is 12.1 Å². The Labute approximate surface area is 123 Å². The third-order valence-electron chi connectivity index (χ3n) is 3.67. The molecule has 2 aromatic heterocycles. The highest BCUT2D eigenvalue weighted by Crippen LogP contribution is 2.14. The normalized spacial score (nSPS) is 19.7. The summed E-state index contributed by atoms with van der Waals surface area (Å²) < 4.78 is 12.8. The van der Waals surface area contributed by atoms with Crippen LogP contribution in [-0.2, 0) is 16.0 Å². The number of imidazole rings is 1. The maximum absolute atomic E-state index is 9.02. The van der Waals surface area contributed by atoms with Gasteiger partial charge >= 0.3 is 0 Å². The fraction of sp³-hybridized carbons (Fsp3) is 0.467. The number of methoxy groups -OCH3 is 1. The topological polar surface area (TPSA) is 62.8 Å². The highest BCUT2D eigenvalue weighted by atomic mass is 16.5. The second-order valence-corrected chi connectivity index (χ2v) is 5.19. The lowest BCUT2D eigenvalue weighted by molar-refractivity contribution is -0.0634.